The zero-order valence-electron chi connectivity index (χ0n) is 7.46. The average Bonchev–Trinajstić information content (AvgIpc) is 2.19. The van der Waals surface area contributed by atoms with Gasteiger partial charge in [0.2, 0.25) is 0 Å². The number of hydrogen-bond acceptors (Lipinski definition) is 2. The molecule has 0 unspecified atom stereocenters. The van der Waals surface area contributed by atoms with E-state index < -0.39 is 0 Å². The van der Waals surface area contributed by atoms with Crippen molar-refractivity contribution in [3.63, 3.8) is 0 Å². The van der Waals surface area contributed by atoms with Gasteiger partial charge in [-0.05, 0) is 17.7 Å². The summed E-state index contributed by atoms with van der Waals surface area (Å²) in [5.41, 5.74) is 0.916. The Labute approximate surface area is 99.1 Å². The molecule has 14 heavy (non-hydrogen) atoms. The van der Waals surface area contributed by atoms with Crippen LogP contribution in [0.25, 0.3) is 0 Å². The van der Waals surface area contributed by atoms with Gasteiger partial charge >= 0.3 is 0 Å². The van der Waals surface area contributed by atoms with Crippen LogP contribution in [0.2, 0.25) is 10.0 Å². The smallest absolute Gasteiger partial charge is 0.121 e. The van der Waals surface area contributed by atoms with E-state index >= 15 is 0 Å². The molecule has 0 saturated heterocycles. The van der Waals surface area contributed by atoms with E-state index in [-0.39, 0.29) is 0 Å². The molecule has 1 nitrogen and oxygen atoms in total. The Kier molecular flexibility index (Phi) is 4.66. The van der Waals surface area contributed by atoms with Gasteiger partial charge in [-0.2, -0.15) is 12.6 Å². The molecule has 1 aromatic carbocycles. The lowest BCUT2D eigenvalue weighted by atomic mass is 10.3. The molecule has 4 heteroatoms. The topological polar surface area (TPSA) is 9.23 Å². The highest BCUT2D eigenvalue weighted by Crippen LogP contribution is 2.26. The van der Waals surface area contributed by atoms with Crippen molar-refractivity contribution in [1.29, 1.82) is 0 Å². The predicted octanol–water partition coefficient (Wildman–Crippen LogP) is 3.86. The molecule has 1 aromatic rings. The molecule has 0 saturated carbocycles. The van der Waals surface area contributed by atoms with Crippen LogP contribution in [0.15, 0.2) is 30.4 Å². The Balaban J connectivity index is 2.60. The molecule has 0 spiro atoms. The molecule has 0 N–H and O–H groups in total. The SMILES string of the molecule is C=C(CS)COc1ccc(Cl)c(Cl)c1. The molecular formula is C10H10Cl2OS. The van der Waals surface area contributed by atoms with Crippen LogP contribution in [-0.4, -0.2) is 12.4 Å². The molecule has 0 aliphatic rings. The monoisotopic (exact) mass is 248 g/mol. The maximum atomic E-state index is 5.81. The first-order chi connectivity index (χ1) is 6.63. The molecular weight excluding hydrogens is 239 g/mol. The molecule has 76 valence electrons. The number of hydrogen-bond donors (Lipinski definition) is 1. The summed E-state index contributed by atoms with van der Waals surface area (Å²) in [6, 6.07) is 5.14. The number of rotatable bonds is 4. The van der Waals surface area contributed by atoms with Gasteiger partial charge in [-0.1, -0.05) is 29.8 Å². The maximum Gasteiger partial charge on any atom is 0.121 e. The standard InChI is InChI=1S/C10H10Cl2OS/c1-7(6-14)5-13-8-2-3-9(11)10(12)4-8/h2-4,14H,1,5-6H2. The summed E-state index contributed by atoms with van der Waals surface area (Å²) >= 11 is 15.6. The molecule has 1 rings (SSSR count). The van der Waals surface area contributed by atoms with Crippen molar-refractivity contribution in [2.24, 2.45) is 0 Å². The van der Waals surface area contributed by atoms with E-state index in [1.54, 1.807) is 18.2 Å². The zero-order valence-corrected chi connectivity index (χ0v) is 9.87. The van der Waals surface area contributed by atoms with Gasteiger partial charge in [0.1, 0.15) is 12.4 Å². The van der Waals surface area contributed by atoms with Crippen molar-refractivity contribution in [1.82, 2.24) is 0 Å². The largest absolute Gasteiger partial charge is 0.489 e. The van der Waals surface area contributed by atoms with Crippen molar-refractivity contribution in [2.45, 2.75) is 0 Å². The van der Waals surface area contributed by atoms with Crippen LogP contribution in [0.1, 0.15) is 0 Å². The molecule has 0 heterocycles. The molecule has 0 amide bonds. The van der Waals surface area contributed by atoms with Gasteiger partial charge in [-0.3, -0.25) is 0 Å². The highest BCUT2D eigenvalue weighted by atomic mass is 35.5. The zero-order chi connectivity index (χ0) is 10.6. The molecule has 0 radical (unpaired) electrons. The van der Waals surface area contributed by atoms with E-state index in [9.17, 15) is 0 Å². The summed E-state index contributed by atoms with van der Waals surface area (Å²) < 4.78 is 5.40. The van der Waals surface area contributed by atoms with Crippen LogP contribution in [0.3, 0.4) is 0 Å². The van der Waals surface area contributed by atoms with Crippen molar-refractivity contribution in [3.05, 3.63) is 40.4 Å². The number of halogens is 2. The Morgan fingerprint density at radius 3 is 2.64 bits per heavy atom. The molecule has 0 aliphatic heterocycles. The van der Waals surface area contributed by atoms with Crippen LogP contribution in [0.5, 0.6) is 5.75 Å². The van der Waals surface area contributed by atoms with Crippen LogP contribution >= 0.6 is 35.8 Å². The van der Waals surface area contributed by atoms with Crippen molar-refractivity contribution < 1.29 is 4.74 Å². The normalized spacial score (nSPS) is 9.93. The van der Waals surface area contributed by atoms with Crippen molar-refractivity contribution in [3.8, 4) is 5.75 Å². The van der Waals surface area contributed by atoms with Crippen molar-refractivity contribution in [2.75, 3.05) is 12.4 Å². The van der Waals surface area contributed by atoms with Gasteiger partial charge in [0, 0.05) is 11.8 Å². The lowest BCUT2D eigenvalue weighted by molar-refractivity contribution is 0.353. The van der Waals surface area contributed by atoms with E-state index in [1.807, 2.05) is 0 Å². The van der Waals surface area contributed by atoms with E-state index in [2.05, 4.69) is 19.2 Å². The summed E-state index contributed by atoms with van der Waals surface area (Å²) in [5, 5.41) is 1.01. The van der Waals surface area contributed by atoms with Crippen LogP contribution in [-0.2, 0) is 0 Å². The highest BCUT2D eigenvalue weighted by Gasteiger charge is 2.00. The fourth-order valence-corrected chi connectivity index (χ4v) is 1.18. The quantitative estimate of drug-likeness (QED) is 0.629. The molecule has 0 bridgehead atoms. The van der Waals surface area contributed by atoms with Gasteiger partial charge in [0.05, 0.1) is 10.0 Å². The maximum absolute atomic E-state index is 5.81. The van der Waals surface area contributed by atoms with E-state index in [0.717, 1.165) is 5.57 Å². The summed E-state index contributed by atoms with van der Waals surface area (Å²) in [6.07, 6.45) is 0. The van der Waals surface area contributed by atoms with Crippen molar-refractivity contribution >= 4 is 35.8 Å². The second-order valence-corrected chi connectivity index (χ2v) is 3.90. The molecule has 0 atom stereocenters. The minimum absolute atomic E-state index is 0.446. The lowest BCUT2D eigenvalue weighted by Gasteiger charge is -2.07. The second kappa shape index (κ2) is 5.54. The van der Waals surface area contributed by atoms with Gasteiger partial charge < -0.3 is 4.74 Å². The summed E-state index contributed by atoms with van der Waals surface area (Å²) in [7, 11) is 0. The highest BCUT2D eigenvalue weighted by molar-refractivity contribution is 7.80. The molecule has 0 fully saturated rings. The van der Waals surface area contributed by atoms with E-state index in [4.69, 9.17) is 27.9 Å². The van der Waals surface area contributed by atoms with Gasteiger partial charge in [0.25, 0.3) is 0 Å². The Hall–Kier alpha value is -0.310. The first-order valence-electron chi connectivity index (χ1n) is 3.99. The first-order valence-corrected chi connectivity index (χ1v) is 5.37. The lowest BCUT2D eigenvalue weighted by Crippen LogP contribution is -2.00. The average molecular weight is 249 g/mol. The van der Waals surface area contributed by atoms with Crippen LogP contribution in [0, 0.1) is 0 Å². The minimum atomic E-state index is 0.446. The van der Waals surface area contributed by atoms with Crippen LogP contribution < -0.4 is 4.74 Å². The predicted molar refractivity (Wildman–Crippen MR) is 65.0 cm³/mol. The van der Waals surface area contributed by atoms with E-state index in [1.165, 1.54) is 0 Å². The summed E-state index contributed by atoms with van der Waals surface area (Å²) in [6.45, 7) is 4.21. The number of benzene rings is 1. The fourth-order valence-electron chi connectivity index (χ4n) is 0.798. The fraction of sp³-hybridized carbons (Fsp3) is 0.200. The van der Waals surface area contributed by atoms with E-state index in [0.29, 0.717) is 28.2 Å². The number of ether oxygens (including phenoxy) is 1. The Morgan fingerprint density at radius 1 is 1.36 bits per heavy atom. The second-order valence-electron chi connectivity index (χ2n) is 2.77. The molecule has 0 aliphatic carbocycles. The van der Waals surface area contributed by atoms with Crippen LogP contribution in [0.4, 0.5) is 0 Å². The summed E-state index contributed by atoms with van der Waals surface area (Å²) in [4.78, 5) is 0. The Morgan fingerprint density at radius 2 is 2.07 bits per heavy atom. The van der Waals surface area contributed by atoms with Gasteiger partial charge in [-0.25, -0.2) is 0 Å². The third-order valence-corrected chi connectivity index (χ3v) is 2.74. The third-order valence-electron chi connectivity index (χ3n) is 1.56. The summed E-state index contributed by atoms with van der Waals surface area (Å²) in [5.74, 6) is 1.30. The Bertz CT molecular complexity index is 339. The number of thiol groups is 1. The third kappa shape index (κ3) is 3.45. The van der Waals surface area contributed by atoms with Gasteiger partial charge in [-0.15, -0.1) is 0 Å². The molecule has 0 aromatic heterocycles. The van der Waals surface area contributed by atoms with Gasteiger partial charge in [0.15, 0.2) is 0 Å². The minimum Gasteiger partial charge on any atom is -0.489 e. The first kappa shape index (κ1) is 11.8.